The Hall–Kier alpha value is -1.26. The Bertz CT molecular complexity index is 381. The molecule has 0 fully saturated rings. The van der Waals surface area contributed by atoms with Crippen LogP contribution >= 0.6 is 11.6 Å². The van der Waals surface area contributed by atoms with Crippen molar-refractivity contribution in [2.75, 3.05) is 19.0 Å². The van der Waals surface area contributed by atoms with E-state index in [2.05, 4.69) is 5.32 Å². The Balaban J connectivity index is 2.72. The van der Waals surface area contributed by atoms with Gasteiger partial charge in [0.1, 0.15) is 5.84 Å². The molecule has 88 valence electrons. The average Bonchev–Trinajstić information content (AvgIpc) is 2.26. The number of nitrogen functional groups attached to an aromatic ring is 1. The maximum absolute atomic E-state index is 7.28. The summed E-state index contributed by atoms with van der Waals surface area (Å²) in [5.74, 6) is 0.0127. The van der Waals surface area contributed by atoms with Crippen LogP contribution in [0.1, 0.15) is 12.5 Å². The summed E-state index contributed by atoms with van der Waals surface area (Å²) in [5.41, 5.74) is 6.80. The van der Waals surface area contributed by atoms with E-state index in [0.717, 1.165) is 5.69 Å². The van der Waals surface area contributed by atoms with Crippen molar-refractivity contribution in [1.82, 2.24) is 0 Å². The number of amidine groups is 1. The van der Waals surface area contributed by atoms with Gasteiger partial charge in [0.2, 0.25) is 0 Å². The monoisotopic (exact) mass is 241 g/mol. The standard InChI is InChI=1S/C11H16ClN3O/c1-7(16-2)6-15-10-4-3-8(11(13)14)5-9(10)12/h3-5,7,15H,6H2,1-2H3,(H3,13,14). The van der Waals surface area contributed by atoms with E-state index in [-0.39, 0.29) is 11.9 Å². The highest BCUT2D eigenvalue weighted by Gasteiger charge is 2.05. The van der Waals surface area contributed by atoms with Crippen LogP contribution < -0.4 is 11.1 Å². The van der Waals surface area contributed by atoms with Gasteiger partial charge in [0, 0.05) is 19.2 Å². The molecule has 0 aromatic heterocycles. The molecule has 0 radical (unpaired) electrons. The first-order chi connectivity index (χ1) is 7.54. The second-order valence-corrected chi connectivity index (χ2v) is 3.94. The fraction of sp³-hybridized carbons (Fsp3) is 0.364. The summed E-state index contributed by atoms with van der Waals surface area (Å²) < 4.78 is 5.11. The van der Waals surface area contributed by atoms with Gasteiger partial charge in [-0.15, -0.1) is 0 Å². The van der Waals surface area contributed by atoms with Gasteiger partial charge in [0.15, 0.2) is 0 Å². The van der Waals surface area contributed by atoms with E-state index in [4.69, 9.17) is 27.5 Å². The number of anilines is 1. The number of hydrogen-bond donors (Lipinski definition) is 3. The molecule has 4 nitrogen and oxygen atoms in total. The molecule has 1 aromatic rings. The van der Waals surface area contributed by atoms with Gasteiger partial charge >= 0.3 is 0 Å². The molecule has 4 N–H and O–H groups in total. The number of methoxy groups -OCH3 is 1. The van der Waals surface area contributed by atoms with Crippen LogP contribution in [0.2, 0.25) is 5.02 Å². The molecule has 0 bridgehead atoms. The van der Waals surface area contributed by atoms with Crippen molar-refractivity contribution in [1.29, 1.82) is 5.41 Å². The zero-order chi connectivity index (χ0) is 12.1. The smallest absolute Gasteiger partial charge is 0.122 e. The molecule has 0 saturated carbocycles. The Morgan fingerprint density at radius 1 is 1.62 bits per heavy atom. The highest BCUT2D eigenvalue weighted by atomic mass is 35.5. The first kappa shape index (κ1) is 12.8. The Kier molecular flexibility index (Phi) is 4.58. The number of hydrogen-bond acceptors (Lipinski definition) is 3. The van der Waals surface area contributed by atoms with Crippen molar-refractivity contribution in [3.63, 3.8) is 0 Å². The number of nitrogens with two attached hydrogens (primary N) is 1. The molecule has 1 unspecified atom stereocenters. The summed E-state index contributed by atoms with van der Waals surface area (Å²) in [7, 11) is 1.66. The lowest BCUT2D eigenvalue weighted by atomic mass is 10.2. The summed E-state index contributed by atoms with van der Waals surface area (Å²) in [6.07, 6.45) is 0.114. The quantitative estimate of drug-likeness (QED) is 0.546. The average molecular weight is 242 g/mol. The molecule has 1 aromatic carbocycles. The minimum absolute atomic E-state index is 0.0127. The Labute approximate surface area is 100 Å². The van der Waals surface area contributed by atoms with Crippen molar-refractivity contribution >= 4 is 23.1 Å². The largest absolute Gasteiger partial charge is 0.384 e. The third-order valence-corrected chi connectivity index (χ3v) is 2.58. The third-order valence-electron chi connectivity index (χ3n) is 2.26. The van der Waals surface area contributed by atoms with E-state index in [9.17, 15) is 0 Å². The van der Waals surface area contributed by atoms with Crippen LogP contribution in [0.5, 0.6) is 0 Å². The van der Waals surface area contributed by atoms with Gasteiger partial charge in [-0.3, -0.25) is 5.41 Å². The van der Waals surface area contributed by atoms with Crippen molar-refractivity contribution < 1.29 is 4.74 Å². The van der Waals surface area contributed by atoms with Crippen LogP contribution in [0.3, 0.4) is 0 Å². The van der Waals surface area contributed by atoms with Crippen molar-refractivity contribution in [3.05, 3.63) is 28.8 Å². The predicted molar refractivity (Wildman–Crippen MR) is 67.4 cm³/mol. The maximum atomic E-state index is 7.28. The van der Waals surface area contributed by atoms with Gasteiger partial charge in [-0.2, -0.15) is 0 Å². The number of ether oxygens (including phenoxy) is 1. The first-order valence-corrected chi connectivity index (χ1v) is 5.33. The SMILES string of the molecule is COC(C)CNc1ccc(C(=N)N)cc1Cl. The molecule has 5 heteroatoms. The van der Waals surface area contributed by atoms with Gasteiger partial charge in [0.25, 0.3) is 0 Å². The molecule has 16 heavy (non-hydrogen) atoms. The molecule has 0 amide bonds. The molecule has 0 aliphatic carbocycles. The highest BCUT2D eigenvalue weighted by Crippen LogP contribution is 2.22. The van der Waals surface area contributed by atoms with Crippen LogP contribution in [0.4, 0.5) is 5.69 Å². The topological polar surface area (TPSA) is 71.1 Å². The molecule has 1 rings (SSSR count). The van der Waals surface area contributed by atoms with Crippen LogP contribution in [-0.4, -0.2) is 25.6 Å². The molecular weight excluding hydrogens is 226 g/mol. The lowest BCUT2D eigenvalue weighted by Crippen LogP contribution is -2.18. The van der Waals surface area contributed by atoms with Gasteiger partial charge in [-0.05, 0) is 25.1 Å². The van der Waals surface area contributed by atoms with E-state index in [0.29, 0.717) is 17.1 Å². The maximum Gasteiger partial charge on any atom is 0.122 e. The summed E-state index contributed by atoms with van der Waals surface area (Å²) in [6.45, 7) is 2.64. The lowest BCUT2D eigenvalue weighted by molar-refractivity contribution is 0.129. The number of rotatable bonds is 5. The van der Waals surface area contributed by atoms with E-state index >= 15 is 0 Å². The highest BCUT2D eigenvalue weighted by molar-refractivity contribution is 6.33. The van der Waals surface area contributed by atoms with Crippen LogP contribution in [0.15, 0.2) is 18.2 Å². The molecule has 0 heterocycles. The van der Waals surface area contributed by atoms with Crippen LogP contribution in [0, 0.1) is 5.41 Å². The minimum atomic E-state index is 0.0127. The van der Waals surface area contributed by atoms with Crippen molar-refractivity contribution in [2.45, 2.75) is 13.0 Å². The summed E-state index contributed by atoms with van der Waals surface area (Å²) in [6, 6.07) is 5.24. The normalized spacial score (nSPS) is 12.2. The van der Waals surface area contributed by atoms with Gasteiger partial charge in [-0.1, -0.05) is 11.6 Å². The molecule has 0 saturated heterocycles. The second kappa shape index (κ2) is 5.72. The Morgan fingerprint density at radius 3 is 2.81 bits per heavy atom. The molecule has 0 spiro atoms. The first-order valence-electron chi connectivity index (χ1n) is 4.95. The number of nitrogens with one attached hydrogen (secondary N) is 2. The van der Waals surface area contributed by atoms with Crippen LogP contribution in [0.25, 0.3) is 0 Å². The lowest BCUT2D eigenvalue weighted by Gasteiger charge is -2.13. The fourth-order valence-electron chi connectivity index (χ4n) is 1.16. The predicted octanol–water partition coefficient (Wildman–Crippen LogP) is 2.07. The second-order valence-electron chi connectivity index (χ2n) is 3.54. The molecule has 0 aliphatic rings. The van der Waals surface area contributed by atoms with E-state index in [1.807, 2.05) is 6.92 Å². The van der Waals surface area contributed by atoms with Gasteiger partial charge in [0.05, 0.1) is 16.8 Å². The van der Waals surface area contributed by atoms with Gasteiger partial charge in [-0.25, -0.2) is 0 Å². The Morgan fingerprint density at radius 2 is 2.31 bits per heavy atom. The van der Waals surface area contributed by atoms with Gasteiger partial charge < -0.3 is 15.8 Å². The molecular formula is C11H16ClN3O. The summed E-state index contributed by atoms with van der Waals surface area (Å²) in [5, 5.41) is 11.0. The third kappa shape index (κ3) is 3.40. The molecule has 0 aliphatic heterocycles. The molecule has 1 atom stereocenters. The number of benzene rings is 1. The minimum Gasteiger partial charge on any atom is -0.384 e. The van der Waals surface area contributed by atoms with E-state index in [1.165, 1.54) is 0 Å². The van der Waals surface area contributed by atoms with Crippen LogP contribution in [-0.2, 0) is 4.74 Å². The summed E-state index contributed by atoms with van der Waals surface area (Å²) in [4.78, 5) is 0. The summed E-state index contributed by atoms with van der Waals surface area (Å²) >= 11 is 6.04. The number of halogens is 1. The zero-order valence-electron chi connectivity index (χ0n) is 9.38. The van der Waals surface area contributed by atoms with Crippen molar-refractivity contribution in [3.8, 4) is 0 Å². The zero-order valence-corrected chi connectivity index (χ0v) is 10.1. The fourth-order valence-corrected chi connectivity index (χ4v) is 1.41. The van der Waals surface area contributed by atoms with Crippen molar-refractivity contribution in [2.24, 2.45) is 5.73 Å². The van der Waals surface area contributed by atoms with E-state index in [1.54, 1.807) is 25.3 Å². The van der Waals surface area contributed by atoms with E-state index < -0.39 is 0 Å².